The molecule has 1 aromatic rings. The van der Waals surface area contributed by atoms with Crippen molar-refractivity contribution in [2.45, 2.75) is 6.92 Å². The van der Waals surface area contributed by atoms with Gasteiger partial charge in [-0.2, -0.15) is 0 Å². The average Bonchev–Trinajstić information content (AvgIpc) is 2.54. The number of likely N-dealkylation sites (N-methyl/N-ethyl adjacent to an activating group) is 1. The van der Waals surface area contributed by atoms with Crippen molar-refractivity contribution in [2.24, 2.45) is 0 Å². The van der Waals surface area contributed by atoms with E-state index in [0.29, 0.717) is 0 Å². The molecule has 0 unspecified atom stereocenters. The Balaban J connectivity index is 1.71. The molecule has 0 atom stereocenters. The molecule has 1 aromatic carbocycles. The lowest BCUT2D eigenvalue weighted by Crippen LogP contribution is -2.48. The van der Waals surface area contributed by atoms with Crippen molar-refractivity contribution in [3.63, 3.8) is 0 Å². The van der Waals surface area contributed by atoms with Crippen LogP contribution in [0.3, 0.4) is 0 Å². The van der Waals surface area contributed by atoms with E-state index in [1.165, 1.54) is 0 Å². The van der Waals surface area contributed by atoms with Gasteiger partial charge in [0, 0.05) is 44.8 Å². The van der Waals surface area contributed by atoms with Gasteiger partial charge < -0.3 is 20.4 Å². The van der Waals surface area contributed by atoms with Gasteiger partial charge in [0.2, 0.25) is 0 Å². The highest BCUT2D eigenvalue weighted by Gasteiger charge is 2.22. The Hall–Kier alpha value is -1.75. The summed E-state index contributed by atoms with van der Waals surface area (Å²) < 4.78 is 0. The van der Waals surface area contributed by atoms with Crippen LogP contribution in [0.2, 0.25) is 0 Å². The Morgan fingerprint density at radius 2 is 1.80 bits per heavy atom. The average molecular weight is 274 g/mol. The molecule has 0 saturated carbocycles. The molecular weight excluding hydrogens is 252 g/mol. The molecule has 3 rings (SSSR count). The van der Waals surface area contributed by atoms with E-state index < -0.39 is 0 Å². The maximum Gasteiger partial charge on any atom is 0.254 e. The van der Waals surface area contributed by atoms with Crippen LogP contribution in [0.15, 0.2) is 18.2 Å². The Kier molecular flexibility index (Phi) is 3.78. The van der Waals surface area contributed by atoms with Gasteiger partial charge in [-0.1, -0.05) is 6.92 Å². The first-order valence-electron chi connectivity index (χ1n) is 7.41. The molecule has 1 fully saturated rings. The number of nitrogens with zero attached hydrogens (tertiary/aromatic N) is 2. The molecule has 5 heteroatoms. The largest absolute Gasteiger partial charge is 0.382 e. The Morgan fingerprint density at radius 1 is 1.10 bits per heavy atom. The van der Waals surface area contributed by atoms with Gasteiger partial charge >= 0.3 is 0 Å². The fourth-order valence-corrected chi connectivity index (χ4v) is 2.82. The van der Waals surface area contributed by atoms with E-state index in [9.17, 15) is 4.79 Å². The molecule has 5 nitrogen and oxygen atoms in total. The lowest BCUT2D eigenvalue weighted by atomic mass is 10.1. The Labute approximate surface area is 119 Å². The van der Waals surface area contributed by atoms with Crippen LogP contribution in [0.5, 0.6) is 0 Å². The molecule has 2 heterocycles. The molecule has 0 aromatic heterocycles. The first-order chi connectivity index (χ1) is 9.78. The molecule has 108 valence electrons. The molecule has 2 N–H and O–H groups in total. The number of amides is 1. The second kappa shape index (κ2) is 5.71. The molecule has 0 aliphatic carbocycles. The minimum atomic E-state index is 0.149. The van der Waals surface area contributed by atoms with Gasteiger partial charge in [0.15, 0.2) is 0 Å². The van der Waals surface area contributed by atoms with Crippen molar-refractivity contribution in [3.8, 4) is 0 Å². The minimum absolute atomic E-state index is 0.149. The van der Waals surface area contributed by atoms with Gasteiger partial charge in [0.1, 0.15) is 0 Å². The van der Waals surface area contributed by atoms with E-state index in [1.807, 2.05) is 23.1 Å². The van der Waals surface area contributed by atoms with E-state index in [1.54, 1.807) is 0 Å². The lowest BCUT2D eigenvalue weighted by molar-refractivity contribution is 0.0643. The SMILES string of the molecule is CCN1CCN(C(=O)c2ccc3c(c2)NCCN3)CC1. The molecule has 0 bridgehead atoms. The number of hydrogen-bond donors (Lipinski definition) is 2. The summed E-state index contributed by atoms with van der Waals surface area (Å²) in [4.78, 5) is 16.9. The van der Waals surface area contributed by atoms with Gasteiger partial charge in [0.25, 0.3) is 5.91 Å². The second-order valence-corrected chi connectivity index (χ2v) is 5.34. The van der Waals surface area contributed by atoms with E-state index in [2.05, 4.69) is 22.5 Å². The van der Waals surface area contributed by atoms with E-state index >= 15 is 0 Å². The van der Waals surface area contributed by atoms with Crippen LogP contribution < -0.4 is 10.6 Å². The maximum atomic E-state index is 12.5. The van der Waals surface area contributed by atoms with Crippen molar-refractivity contribution in [2.75, 3.05) is 56.4 Å². The van der Waals surface area contributed by atoms with Crippen LogP contribution in [0.4, 0.5) is 11.4 Å². The fourth-order valence-electron chi connectivity index (χ4n) is 2.82. The van der Waals surface area contributed by atoms with Gasteiger partial charge in [-0.15, -0.1) is 0 Å². The molecule has 0 radical (unpaired) electrons. The van der Waals surface area contributed by atoms with E-state index in [-0.39, 0.29) is 5.91 Å². The van der Waals surface area contributed by atoms with Crippen molar-refractivity contribution in [1.82, 2.24) is 9.80 Å². The Morgan fingerprint density at radius 3 is 2.50 bits per heavy atom. The molecular formula is C15H22N4O. The first kappa shape index (κ1) is 13.2. The zero-order valence-electron chi connectivity index (χ0n) is 12.0. The fraction of sp³-hybridized carbons (Fsp3) is 0.533. The zero-order chi connectivity index (χ0) is 13.9. The quantitative estimate of drug-likeness (QED) is 0.853. The number of carbonyl (C=O) groups is 1. The number of carbonyl (C=O) groups excluding carboxylic acids is 1. The predicted octanol–water partition coefficient (Wildman–Crippen LogP) is 1.30. The lowest BCUT2D eigenvalue weighted by Gasteiger charge is -2.34. The van der Waals surface area contributed by atoms with Crippen LogP contribution >= 0.6 is 0 Å². The first-order valence-corrected chi connectivity index (χ1v) is 7.41. The van der Waals surface area contributed by atoms with Crippen LogP contribution in [0.1, 0.15) is 17.3 Å². The number of piperazine rings is 1. The topological polar surface area (TPSA) is 47.6 Å². The van der Waals surface area contributed by atoms with Crippen molar-refractivity contribution < 1.29 is 4.79 Å². The third kappa shape index (κ3) is 2.58. The second-order valence-electron chi connectivity index (χ2n) is 5.34. The van der Waals surface area contributed by atoms with E-state index in [4.69, 9.17) is 0 Å². The van der Waals surface area contributed by atoms with Gasteiger partial charge in [-0.05, 0) is 24.7 Å². The summed E-state index contributed by atoms with van der Waals surface area (Å²) >= 11 is 0. The van der Waals surface area contributed by atoms with Crippen molar-refractivity contribution in [1.29, 1.82) is 0 Å². The number of hydrogen-bond acceptors (Lipinski definition) is 4. The zero-order valence-corrected chi connectivity index (χ0v) is 12.0. The Bertz CT molecular complexity index is 495. The standard InChI is InChI=1S/C15H22N4O/c1-2-18-7-9-19(10-8-18)15(20)12-3-4-13-14(11-12)17-6-5-16-13/h3-4,11,16-17H,2,5-10H2,1H3. The number of rotatable bonds is 2. The summed E-state index contributed by atoms with van der Waals surface area (Å²) in [6.07, 6.45) is 0. The molecule has 1 saturated heterocycles. The predicted molar refractivity (Wildman–Crippen MR) is 81.4 cm³/mol. The normalized spacial score (nSPS) is 18.9. The number of anilines is 2. The van der Waals surface area contributed by atoms with Gasteiger partial charge in [0.05, 0.1) is 11.4 Å². The van der Waals surface area contributed by atoms with Gasteiger partial charge in [-0.25, -0.2) is 0 Å². The third-order valence-electron chi connectivity index (χ3n) is 4.13. The molecule has 2 aliphatic heterocycles. The summed E-state index contributed by atoms with van der Waals surface area (Å²) in [5, 5.41) is 6.66. The smallest absolute Gasteiger partial charge is 0.254 e. The molecule has 20 heavy (non-hydrogen) atoms. The van der Waals surface area contributed by atoms with Crippen molar-refractivity contribution in [3.05, 3.63) is 23.8 Å². The minimum Gasteiger partial charge on any atom is -0.382 e. The van der Waals surface area contributed by atoms with Gasteiger partial charge in [-0.3, -0.25) is 4.79 Å². The number of nitrogens with one attached hydrogen (secondary N) is 2. The number of benzene rings is 1. The highest BCUT2D eigenvalue weighted by Crippen LogP contribution is 2.26. The highest BCUT2D eigenvalue weighted by atomic mass is 16.2. The van der Waals surface area contributed by atoms with Crippen molar-refractivity contribution >= 4 is 17.3 Å². The molecule has 2 aliphatic rings. The molecule has 0 spiro atoms. The summed E-state index contributed by atoms with van der Waals surface area (Å²) in [5.41, 5.74) is 2.91. The summed E-state index contributed by atoms with van der Waals surface area (Å²) in [5.74, 6) is 0.149. The summed E-state index contributed by atoms with van der Waals surface area (Å²) in [6.45, 7) is 8.68. The number of fused-ring (bicyclic) bond motifs is 1. The summed E-state index contributed by atoms with van der Waals surface area (Å²) in [7, 11) is 0. The monoisotopic (exact) mass is 274 g/mol. The maximum absolute atomic E-state index is 12.5. The molecule has 1 amide bonds. The van der Waals surface area contributed by atoms with Crippen LogP contribution in [0, 0.1) is 0 Å². The third-order valence-corrected chi connectivity index (χ3v) is 4.13. The van der Waals surface area contributed by atoms with Crippen LogP contribution in [-0.4, -0.2) is 61.5 Å². The van der Waals surface area contributed by atoms with E-state index in [0.717, 1.165) is 62.8 Å². The van der Waals surface area contributed by atoms with Crippen LogP contribution in [-0.2, 0) is 0 Å². The summed E-state index contributed by atoms with van der Waals surface area (Å²) in [6, 6.07) is 5.89. The highest BCUT2D eigenvalue weighted by molar-refractivity contribution is 5.96. The van der Waals surface area contributed by atoms with Crippen LogP contribution in [0.25, 0.3) is 0 Å².